The van der Waals surface area contributed by atoms with E-state index in [1.807, 2.05) is 0 Å². The van der Waals surface area contributed by atoms with E-state index in [1.54, 1.807) is 0 Å². The third kappa shape index (κ3) is 1.57. The highest BCUT2D eigenvalue weighted by Crippen LogP contribution is 2.44. The van der Waals surface area contributed by atoms with Crippen molar-refractivity contribution in [2.75, 3.05) is 0 Å². The van der Waals surface area contributed by atoms with Gasteiger partial charge in [-0.3, -0.25) is 0 Å². The van der Waals surface area contributed by atoms with Crippen molar-refractivity contribution in [3.63, 3.8) is 0 Å². The van der Waals surface area contributed by atoms with Gasteiger partial charge in [-0.05, 0) is 72.4 Å². The van der Waals surface area contributed by atoms with Crippen LogP contribution in [-0.4, -0.2) is 0 Å². The lowest BCUT2D eigenvalue weighted by atomic mass is 9.85. The summed E-state index contributed by atoms with van der Waals surface area (Å²) in [6.45, 7) is 2.23. The topological polar surface area (TPSA) is 0 Å². The highest BCUT2D eigenvalue weighted by molar-refractivity contribution is 6.38. The van der Waals surface area contributed by atoms with Crippen LogP contribution in [0.4, 0.5) is 0 Å². The molecular weight excluding hydrogens is 300 g/mol. The monoisotopic (exact) mass is 316 g/mol. The van der Waals surface area contributed by atoms with Gasteiger partial charge in [0.1, 0.15) is 0 Å². The van der Waals surface area contributed by atoms with Gasteiger partial charge in [-0.15, -0.1) is 0 Å². The molecule has 6 aromatic carbocycles. The first-order chi connectivity index (χ1) is 12.3. The Labute approximate surface area is 145 Å². The molecule has 0 aliphatic rings. The summed E-state index contributed by atoms with van der Waals surface area (Å²) in [6, 6.07) is 29.1. The van der Waals surface area contributed by atoms with Crippen LogP contribution in [0.3, 0.4) is 0 Å². The zero-order valence-electron chi connectivity index (χ0n) is 14.0. The van der Waals surface area contributed by atoms with Crippen LogP contribution in [-0.2, 0) is 0 Å². The van der Waals surface area contributed by atoms with E-state index in [2.05, 4.69) is 85.8 Å². The molecule has 0 unspecified atom stereocenters. The summed E-state index contributed by atoms with van der Waals surface area (Å²) in [6.07, 6.45) is 0. The van der Waals surface area contributed by atoms with Crippen LogP contribution >= 0.6 is 0 Å². The quantitative estimate of drug-likeness (QED) is 0.205. The lowest BCUT2D eigenvalue weighted by molar-refractivity contribution is 1.56. The fourth-order valence-electron chi connectivity index (χ4n) is 4.65. The molecule has 25 heavy (non-hydrogen) atoms. The molecule has 6 aromatic rings. The molecular formula is C25H16. The van der Waals surface area contributed by atoms with Gasteiger partial charge in [0.25, 0.3) is 0 Å². The number of benzene rings is 6. The summed E-state index contributed by atoms with van der Waals surface area (Å²) < 4.78 is 0. The lowest BCUT2D eigenvalue weighted by Gasteiger charge is -2.18. The molecule has 0 N–H and O–H groups in total. The summed E-state index contributed by atoms with van der Waals surface area (Å²) in [5.74, 6) is 0. The summed E-state index contributed by atoms with van der Waals surface area (Å²) in [5.41, 5.74) is 1.35. The van der Waals surface area contributed by atoms with E-state index in [-0.39, 0.29) is 0 Å². The van der Waals surface area contributed by atoms with E-state index in [9.17, 15) is 0 Å². The second-order valence-corrected chi connectivity index (χ2v) is 7.04. The molecule has 0 fully saturated rings. The van der Waals surface area contributed by atoms with Crippen LogP contribution in [0, 0.1) is 6.92 Å². The molecule has 0 bridgehead atoms. The molecule has 0 amide bonds. The average Bonchev–Trinajstić information content (AvgIpc) is 2.66. The van der Waals surface area contributed by atoms with Gasteiger partial charge in [0.15, 0.2) is 0 Å². The van der Waals surface area contributed by atoms with Crippen LogP contribution in [0.15, 0.2) is 78.9 Å². The van der Waals surface area contributed by atoms with Crippen molar-refractivity contribution in [2.24, 2.45) is 0 Å². The number of rotatable bonds is 0. The Balaban J connectivity index is 2.15. The summed E-state index contributed by atoms with van der Waals surface area (Å²) >= 11 is 0. The Bertz CT molecular complexity index is 1440. The molecule has 0 aromatic heterocycles. The first kappa shape index (κ1) is 13.2. The predicted octanol–water partition coefficient (Wildman–Crippen LogP) is 7.20. The fourth-order valence-corrected chi connectivity index (χ4v) is 4.65. The van der Waals surface area contributed by atoms with Crippen molar-refractivity contribution in [3.05, 3.63) is 84.4 Å². The molecule has 0 nitrogen and oxygen atoms in total. The van der Waals surface area contributed by atoms with Gasteiger partial charge < -0.3 is 0 Å². The minimum Gasteiger partial charge on any atom is -0.0616 e. The Hall–Kier alpha value is -3.12. The second-order valence-electron chi connectivity index (χ2n) is 7.04. The molecule has 6 rings (SSSR count). The first-order valence-corrected chi connectivity index (χ1v) is 8.80. The minimum absolute atomic E-state index is 1.32. The van der Waals surface area contributed by atoms with Gasteiger partial charge in [0.05, 0.1) is 0 Å². The van der Waals surface area contributed by atoms with Crippen molar-refractivity contribution in [2.45, 2.75) is 6.92 Å². The van der Waals surface area contributed by atoms with Crippen LogP contribution < -0.4 is 0 Å². The largest absolute Gasteiger partial charge is 0.0616 e. The van der Waals surface area contributed by atoms with Crippen molar-refractivity contribution >= 4 is 53.9 Å². The Morgan fingerprint density at radius 2 is 1.04 bits per heavy atom. The van der Waals surface area contributed by atoms with E-state index in [0.29, 0.717) is 0 Å². The number of aryl methyl sites for hydroxylation is 1. The van der Waals surface area contributed by atoms with E-state index in [0.717, 1.165) is 0 Å². The normalized spacial score (nSPS) is 12.2. The molecule has 0 atom stereocenters. The van der Waals surface area contributed by atoms with Crippen molar-refractivity contribution in [3.8, 4) is 0 Å². The van der Waals surface area contributed by atoms with E-state index < -0.39 is 0 Å². The van der Waals surface area contributed by atoms with Gasteiger partial charge in [-0.25, -0.2) is 0 Å². The maximum atomic E-state index is 2.35. The van der Waals surface area contributed by atoms with Crippen LogP contribution in [0.2, 0.25) is 0 Å². The van der Waals surface area contributed by atoms with Crippen LogP contribution in [0.25, 0.3) is 53.9 Å². The fraction of sp³-hybridized carbons (Fsp3) is 0.0400. The lowest BCUT2D eigenvalue weighted by Crippen LogP contribution is -1.90. The molecule has 0 aliphatic carbocycles. The average molecular weight is 316 g/mol. The van der Waals surface area contributed by atoms with Crippen LogP contribution in [0.1, 0.15) is 5.56 Å². The minimum atomic E-state index is 1.32. The third-order valence-corrected chi connectivity index (χ3v) is 5.68. The zero-order chi connectivity index (χ0) is 16.5. The third-order valence-electron chi connectivity index (χ3n) is 5.68. The van der Waals surface area contributed by atoms with E-state index in [1.165, 1.54) is 59.4 Å². The van der Waals surface area contributed by atoms with Crippen molar-refractivity contribution < 1.29 is 0 Å². The number of hydrogen-bond acceptors (Lipinski definition) is 0. The summed E-state index contributed by atoms with van der Waals surface area (Å²) in [5, 5.41) is 13.7. The Kier molecular flexibility index (Phi) is 2.37. The molecule has 0 aliphatic heterocycles. The second kappa shape index (κ2) is 4.49. The number of fused-ring (bicyclic) bond motifs is 5. The Morgan fingerprint density at radius 3 is 1.88 bits per heavy atom. The SMILES string of the molecule is Cc1cc2cc3ccccc3c3c4ccccc4c4cccc1c4c23. The standard InChI is InChI=1S/C25H16/c1-15-13-17-14-16-7-2-3-8-19(16)25-21-10-5-4-9-20(21)22-12-6-11-18(15)24(22)23(17)25/h2-14H,1H3. The summed E-state index contributed by atoms with van der Waals surface area (Å²) in [4.78, 5) is 0. The smallest absolute Gasteiger partial charge is 0.00137 e. The van der Waals surface area contributed by atoms with Crippen molar-refractivity contribution in [1.29, 1.82) is 0 Å². The van der Waals surface area contributed by atoms with E-state index >= 15 is 0 Å². The van der Waals surface area contributed by atoms with Gasteiger partial charge in [-0.1, -0.05) is 72.8 Å². The molecule has 0 radical (unpaired) electrons. The predicted molar refractivity (Wildman–Crippen MR) is 110 cm³/mol. The Morgan fingerprint density at radius 1 is 0.440 bits per heavy atom. The highest BCUT2D eigenvalue weighted by Gasteiger charge is 2.16. The van der Waals surface area contributed by atoms with Gasteiger partial charge in [-0.2, -0.15) is 0 Å². The summed E-state index contributed by atoms with van der Waals surface area (Å²) in [7, 11) is 0. The highest BCUT2D eigenvalue weighted by atomic mass is 14.2. The van der Waals surface area contributed by atoms with Crippen LogP contribution in [0.5, 0.6) is 0 Å². The molecule has 0 saturated carbocycles. The molecule has 0 saturated heterocycles. The van der Waals surface area contributed by atoms with Crippen molar-refractivity contribution in [1.82, 2.24) is 0 Å². The molecule has 116 valence electrons. The van der Waals surface area contributed by atoms with E-state index in [4.69, 9.17) is 0 Å². The molecule has 0 heteroatoms. The molecule has 0 spiro atoms. The maximum Gasteiger partial charge on any atom is -0.00137 e. The van der Waals surface area contributed by atoms with Gasteiger partial charge in [0.2, 0.25) is 0 Å². The maximum absolute atomic E-state index is 2.35. The van der Waals surface area contributed by atoms with Gasteiger partial charge >= 0.3 is 0 Å². The zero-order valence-corrected chi connectivity index (χ0v) is 14.0. The molecule has 0 heterocycles. The van der Waals surface area contributed by atoms with Gasteiger partial charge in [0, 0.05) is 0 Å². The first-order valence-electron chi connectivity index (χ1n) is 8.80. The number of hydrogen-bond donors (Lipinski definition) is 0.